The summed E-state index contributed by atoms with van der Waals surface area (Å²) in [7, 11) is 0. The Morgan fingerprint density at radius 2 is 2.38 bits per heavy atom. The second-order valence-electron chi connectivity index (χ2n) is 4.06. The first kappa shape index (κ1) is 13.0. The van der Waals surface area contributed by atoms with Crippen LogP contribution in [0.2, 0.25) is 0 Å². The Labute approximate surface area is 97.0 Å². The van der Waals surface area contributed by atoms with Crippen molar-refractivity contribution in [3.63, 3.8) is 0 Å². The number of carbonyl (C=O) groups is 1. The van der Waals surface area contributed by atoms with Gasteiger partial charge in [-0.2, -0.15) is 0 Å². The largest absolute Gasteiger partial charge is 0.396 e. The summed E-state index contributed by atoms with van der Waals surface area (Å²) in [5.41, 5.74) is 0. The first-order valence-electron chi connectivity index (χ1n) is 5.84. The van der Waals surface area contributed by atoms with E-state index in [4.69, 9.17) is 11.5 Å². The Morgan fingerprint density at radius 3 is 3.06 bits per heavy atom. The highest BCUT2D eigenvalue weighted by Gasteiger charge is 2.25. The van der Waals surface area contributed by atoms with Crippen LogP contribution >= 0.6 is 0 Å². The number of nitrogens with zero attached hydrogens (tertiary/aromatic N) is 1. The van der Waals surface area contributed by atoms with Crippen LogP contribution in [0, 0.1) is 12.3 Å². The average molecular weight is 224 g/mol. The Kier molecular flexibility index (Phi) is 5.91. The maximum absolute atomic E-state index is 11.9. The van der Waals surface area contributed by atoms with Crippen LogP contribution in [0.1, 0.15) is 25.7 Å². The van der Waals surface area contributed by atoms with Gasteiger partial charge >= 0.3 is 0 Å². The van der Waals surface area contributed by atoms with E-state index in [1.54, 1.807) is 0 Å². The summed E-state index contributed by atoms with van der Waals surface area (Å²) >= 11 is 0. The zero-order valence-electron chi connectivity index (χ0n) is 9.61. The van der Waals surface area contributed by atoms with Crippen LogP contribution in [0.4, 0.5) is 0 Å². The third-order valence-electron chi connectivity index (χ3n) is 2.91. The molecule has 0 aromatic heterocycles. The molecular weight excluding hydrogens is 204 g/mol. The SMILES string of the molecule is C#CCNCC(=O)N1CCCCC1CCO. The van der Waals surface area contributed by atoms with Gasteiger partial charge in [-0.05, 0) is 25.7 Å². The van der Waals surface area contributed by atoms with E-state index in [-0.39, 0.29) is 18.6 Å². The summed E-state index contributed by atoms with van der Waals surface area (Å²) in [5, 5.41) is 11.9. The van der Waals surface area contributed by atoms with Crippen molar-refractivity contribution in [3.8, 4) is 12.3 Å². The standard InChI is InChI=1S/C12H20N2O2/c1-2-7-13-10-12(16)14-8-4-3-5-11(14)6-9-15/h1,11,13,15H,3-10H2. The van der Waals surface area contributed by atoms with Gasteiger partial charge in [0.05, 0.1) is 13.1 Å². The van der Waals surface area contributed by atoms with Gasteiger partial charge in [0.15, 0.2) is 0 Å². The highest BCUT2D eigenvalue weighted by Crippen LogP contribution is 2.19. The van der Waals surface area contributed by atoms with E-state index in [1.807, 2.05) is 4.90 Å². The van der Waals surface area contributed by atoms with E-state index in [0.29, 0.717) is 19.5 Å². The number of amides is 1. The van der Waals surface area contributed by atoms with Gasteiger partial charge in [-0.25, -0.2) is 0 Å². The topological polar surface area (TPSA) is 52.6 Å². The number of carbonyl (C=O) groups excluding carboxylic acids is 1. The van der Waals surface area contributed by atoms with Gasteiger partial charge in [-0.1, -0.05) is 5.92 Å². The summed E-state index contributed by atoms with van der Waals surface area (Å²) in [6.45, 7) is 1.67. The Hall–Kier alpha value is -1.05. The monoisotopic (exact) mass is 224 g/mol. The van der Waals surface area contributed by atoms with Crippen LogP contribution in [0.3, 0.4) is 0 Å². The molecule has 1 fully saturated rings. The molecule has 1 atom stereocenters. The maximum atomic E-state index is 11.9. The molecule has 0 bridgehead atoms. The molecule has 4 nitrogen and oxygen atoms in total. The number of aliphatic hydroxyl groups is 1. The van der Waals surface area contributed by atoms with Gasteiger partial charge in [-0.3, -0.25) is 10.1 Å². The molecule has 1 aliphatic heterocycles. The fraction of sp³-hybridized carbons (Fsp3) is 0.750. The Morgan fingerprint density at radius 1 is 1.56 bits per heavy atom. The van der Waals surface area contributed by atoms with Gasteiger partial charge in [0, 0.05) is 19.2 Å². The van der Waals surface area contributed by atoms with Crippen molar-refractivity contribution in [1.29, 1.82) is 0 Å². The normalized spacial score (nSPS) is 20.5. The third-order valence-corrected chi connectivity index (χ3v) is 2.91. The zero-order chi connectivity index (χ0) is 11.8. The number of rotatable bonds is 5. The van der Waals surface area contributed by atoms with Crippen LogP contribution in [0.15, 0.2) is 0 Å². The lowest BCUT2D eigenvalue weighted by Gasteiger charge is -2.35. The molecule has 90 valence electrons. The maximum Gasteiger partial charge on any atom is 0.236 e. The molecule has 0 radical (unpaired) electrons. The number of hydrogen-bond acceptors (Lipinski definition) is 3. The molecule has 16 heavy (non-hydrogen) atoms. The predicted octanol–water partition coefficient (Wildman–Crippen LogP) is -0.0273. The van der Waals surface area contributed by atoms with Crippen molar-refractivity contribution in [2.24, 2.45) is 0 Å². The molecule has 1 saturated heterocycles. The van der Waals surface area contributed by atoms with Gasteiger partial charge in [0.2, 0.25) is 5.91 Å². The van der Waals surface area contributed by atoms with Crippen LogP contribution in [0.25, 0.3) is 0 Å². The molecule has 1 amide bonds. The van der Waals surface area contributed by atoms with Crippen molar-refractivity contribution in [2.75, 3.05) is 26.2 Å². The minimum absolute atomic E-state index is 0.0911. The first-order chi connectivity index (χ1) is 7.79. The quantitative estimate of drug-likeness (QED) is 0.509. The van der Waals surface area contributed by atoms with E-state index in [2.05, 4.69) is 11.2 Å². The second kappa shape index (κ2) is 7.26. The van der Waals surface area contributed by atoms with Gasteiger partial charge in [-0.15, -0.1) is 6.42 Å². The minimum atomic E-state index is 0.0911. The number of aliphatic hydroxyl groups excluding tert-OH is 1. The summed E-state index contributed by atoms with van der Waals surface area (Å²) in [5.74, 6) is 2.53. The summed E-state index contributed by atoms with van der Waals surface area (Å²) < 4.78 is 0. The summed E-state index contributed by atoms with van der Waals surface area (Å²) in [4.78, 5) is 13.7. The van der Waals surface area contributed by atoms with E-state index in [9.17, 15) is 4.79 Å². The van der Waals surface area contributed by atoms with Crippen LogP contribution < -0.4 is 5.32 Å². The molecule has 1 heterocycles. The molecule has 0 aromatic rings. The summed E-state index contributed by atoms with van der Waals surface area (Å²) in [6, 6.07) is 0.207. The molecule has 2 N–H and O–H groups in total. The van der Waals surface area contributed by atoms with Crippen LogP contribution in [-0.4, -0.2) is 48.2 Å². The fourth-order valence-corrected chi connectivity index (χ4v) is 2.12. The molecule has 0 aromatic carbocycles. The van der Waals surface area contributed by atoms with Crippen molar-refractivity contribution in [3.05, 3.63) is 0 Å². The molecule has 0 aliphatic carbocycles. The minimum Gasteiger partial charge on any atom is -0.396 e. The number of likely N-dealkylation sites (tertiary alicyclic amines) is 1. The first-order valence-corrected chi connectivity index (χ1v) is 5.84. The van der Waals surface area contributed by atoms with Crippen molar-refractivity contribution in [1.82, 2.24) is 10.2 Å². The lowest BCUT2D eigenvalue weighted by atomic mass is 9.99. The predicted molar refractivity (Wildman–Crippen MR) is 62.8 cm³/mol. The van der Waals surface area contributed by atoms with Gasteiger partial charge in [0.1, 0.15) is 0 Å². The number of terminal acetylenes is 1. The van der Waals surface area contributed by atoms with Crippen molar-refractivity contribution in [2.45, 2.75) is 31.7 Å². The number of hydrogen-bond donors (Lipinski definition) is 2. The Balaban J connectivity index is 2.41. The van der Waals surface area contributed by atoms with E-state index in [0.717, 1.165) is 25.8 Å². The van der Waals surface area contributed by atoms with Gasteiger partial charge in [0.25, 0.3) is 0 Å². The molecule has 1 rings (SSSR count). The second-order valence-corrected chi connectivity index (χ2v) is 4.06. The summed E-state index contributed by atoms with van der Waals surface area (Å²) in [6.07, 6.45) is 8.98. The molecule has 0 saturated carbocycles. The molecule has 1 unspecified atom stereocenters. The highest BCUT2D eigenvalue weighted by molar-refractivity contribution is 5.78. The van der Waals surface area contributed by atoms with Gasteiger partial charge < -0.3 is 10.0 Å². The molecular formula is C12H20N2O2. The lowest BCUT2D eigenvalue weighted by molar-refractivity contribution is -0.134. The molecule has 4 heteroatoms. The fourth-order valence-electron chi connectivity index (χ4n) is 2.12. The number of piperidine rings is 1. The highest BCUT2D eigenvalue weighted by atomic mass is 16.3. The lowest BCUT2D eigenvalue weighted by Crippen LogP contribution is -2.47. The Bertz CT molecular complexity index is 258. The van der Waals surface area contributed by atoms with E-state index in [1.165, 1.54) is 0 Å². The molecule has 1 aliphatic rings. The molecule has 0 spiro atoms. The van der Waals surface area contributed by atoms with Crippen LogP contribution in [-0.2, 0) is 4.79 Å². The third kappa shape index (κ3) is 3.84. The van der Waals surface area contributed by atoms with Crippen LogP contribution in [0.5, 0.6) is 0 Å². The smallest absolute Gasteiger partial charge is 0.236 e. The number of nitrogens with one attached hydrogen (secondary N) is 1. The average Bonchev–Trinajstić information content (AvgIpc) is 2.30. The van der Waals surface area contributed by atoms with E-state index >= 15 is 0 Å². The van der Waals surface area contributed by atoms with E-state index < -0.39 is 0 Å². The van der Waals surface area contributed by atoms with Crippen molar-refractivity contribution < 1.29 is 9.90 Å². The van der Waals surface area contributed by atoms with Crippen molar-refractivity contribution >= 4 is 5.91 Å². The zero-order valence-corrected chi connectivity index (χ0v) is 9.61.